The van der Waals surface area contributed by atoms with Crippen molar-refractivity contribution in [1.82, 2.24) is 9.55 Å². The van der Waals surface area contributed by atoms with Crippen molar-refractivity contribution >= 4 is 58.4 Å². The first-order chi connectivity index (χ1) is 14.8. The fraction of sp³-hybridized carbons (Fsp3) is 0.136. The monoisotopic (exact) mass is 518 g/mol. The van der Waals surface area contributed by atoms with Gasteiger partial charge in [-0.25, -0.2) is 4.98 Å². The maximum absolute atomic E-state index is 12.4. The Morgan fingerprint density at radius 2 is 1.56 bits per heavy atom. The first-order valence-corrected chi connectivity index (χ1v) is 10.9. The van der Waals surface area contributed by atoms with Gasteiger partial charge in [0.25, 0.3) is 0 Å². The van der Waals surface area contributed by atoms with Crippen LogP contribution in [-0.2, 0) is 5.75 Å². The summed E-state index contributed by atoms with van der Waals surface area (Å²) in [5, 5.41) is 1.97. The van der Waals surface area contributed by atoms with E-state index in [1.807, 2.05) is 41.0 Å². The SMILES string of the molecule is Cl.FC(F)(F)COc1ccc(-n2c(SCc3ccc(Cl)cc3)nc3ccc(Cl)cc32)cc1. The summed E-state index contributed by atoms with van der Waals surface area (Å²) < 4.78 is 43.9. The number of rotatable bonds is 6. The summed E-state index contributed by atoms with van der Waals surface area (Å²) >= 11 is 13.7. The van der Waals surface area contributed by atoms with Crippen LogP contribution in [0.25, 0.3) is 16.7 Å². The van der Waals surface area contributed by atoms with E-state index in [2.05, 4.69) is 0 Å². The number of hydrogen-bond donors (Lipinski definition) is 0. The van der Waals surface area contributed by atoms with E-state index in [1.165, 1.54) is 23.9 Å². The Hall–Kier alpha value is -2.06. The minimum atomic E-state index is -4.39. The van der Waals surface area contributed by atoms with E-state index in [0.717, 1.165) is 27.4 Å². The van der Waals surface area contributed by atoms with E-state index in [1.54, 1.807) is 18.2 Å². The predicted octanol–water partition coefficient (Wildman–Crippen LogP) is 7.99. The second-order valence-corrected chi connectivity index (χ2v) is 8.49. The third kappa shape index (κ3) is 6.04. The molecule has 0 saturated carbocycles. The Bertz CT molecular complexity index is 1200. The number of ether oxygens (including phenoxy) is 1. The molecule has 1 heterocycles. The van der Waals surface area contributed by atoms with Gasteiger partial charge in [-0.3, -0.25) is 4.57 Å². The van der Waals surface area contributed by atoms with Crippen molar-refractivity contribution in [3.8, 4) is 11.4 Å². The maximum atomic E-state index is 12.4. The van der Waals surface area contributed by atoms with Crippen LogP contribution in [0.4, 0.5) is 13.2 Å². The van der Waals surface area contributed by atoms with Crippen LogP contribution in [0.3, 0.4) is 0 Å². The van der Waals surface area contributed by atoms with E-state index in [9.17, 15) is 13.2 Å². The van der Waals surface area contributed by atoms with Gasteiger partial charge in [0.15, 0.2) is 11.8 Å². The van der Waals surface area contributed by atoms with Crippen LogP contribution in [0, 0.1) is 0 Å². The molecule has 0 saturated heterocycles. The van der Waals surface area contributed by atoms with Crippen molar-refractivity contribution in [1.29, 1.82) is 0 Å². The van der Waals surface area contributed by atoms with E-state index in [4.69, 9.17) is 32.9 Å². The molecule has 10 heteroatoms. The van der Waals surface area contributed by atoms with Crippen molar-refractivity contribution in [2.24, 2.45) is 0 Å². The highest BCUT2D eigenvalue weighted by molar-refractivity contribution is 7.98. The Kier molecular flexibility index (Phi) is 7.88. The number of halogens is 6. The first-order valence-electron chi connectivity index (χ1n) is 9.14. The highest BCUT2D eigenvalue weighted by atomic mass is 35.5. The largest absolute Gasteiger partial charge is 0.484 e. The number of alkyl halides is 3. The van der Waals surface area contributed by atoms with Crippen molar-refractivity contribution in [3.05, 3.63) is 82.3 Å². The van der Waals surface area contributed by atoms with Crippen LogP contribution in [-0.4, -0.2) is 22.3 Å². The molecule has 0 bridgehead atoms. The highest BCUT2D eigenvalue weighted by Crippen LogP contribution is 2.32. The standard InChI is InChI=1S/C22H15Cl2F3N2OS.ClH/c23-15-3-1-14(2-4-15)12-31-21-28-19-10-5-16(24)11-20(19)29(21)17-6-8-18(9-7-17)30-13-22(25,26)27;/h1-11H,12-13H2;1H. The molecule has 0 fully saturated rings. The smallest absolute Gasteiger partial charge is 0.422 e. The molecule has 0 amide bonds. The lowest BCUT2D eigenvalue weighted by Crippen LogP contribution is -2.19. The second kappa shape index (κ2) is 10.3. The van der Waals surface area contributed by atoms with Crippen molar-refractivity contribution in [2.75, 3.05) is 6.61 Å². The van der Waals surface area contributed by atoms with Crippen LogP contribution in [0.1, 0.15) is 5.56 Å². The summed E-state index contributed by atoms with van der Waals surface area (Å²) in [6.45, 7) is -1.34. The molecule has 0 N–H and O–H groups in total. The molecule has 0 aliphatic rings. The van der Waals surface area contributed by atoms with Crippen LogP contribution in [0.15, 0.2) is 71.9 Å². The summed E-state index contributed by atoms with van der Waals surface area (Å²) in [5.41, 5.74) is 3.39. The number of nitrogens with zero attached hydrogens (tertiary/aromatic N) is 2. The van der Waals surface area contributed by atoms with Crippen LogP contribution < -0.4 is 4.74 Å². The fourth-order valence-corrected chi connectivity index (χ4v) is 4.23. The second-order valence-electron chi connectivity index (χ2n) is 6.68. The molecule has 4 rings (SSSR count). The van der Waals surface area contributed by atoms with Gasteiger partial charge in [0.1, 0.15) is 5.75 Å². The molecule has 0 aliphatic carbocycles. The summed E-state index contributed by atoms with van der Waals surface area (Å²) in [7, 11) is 0. The van der Waals surface area contributed by atoms with Gasteiger partial charge in [0.05, 0.1) is 11.0 Å². The van der Waals surface area contributed by atoms with Crippen LogP contribution in [0.2, 0.25) is 10.0 Å². The number of aromatic nitrogens is 2. The Labute approximate surface area is 202 Å². The lowest BCUT2D eigenvalue weighted by Gasteiger charge is -2.12. The molecule has 0 aliphatic heterocycles. The summed E-state index contributed by atoms with van der Waals surface area (Å²) in [6.07, 6.45) is -4.39. The highest BCUT2D eigenvalue weighted by Gasteiger charge is 2.28. The summed E-state index contributed by atoms with van der Waals surface area (Å²) in [4.78, 5) is 4.72. The van der Waals surface area contributed by atoms with Crippen molar-refractivity contribution in [3.63, 3.8) is 0 Å². The molecule has 168 valence electrons. The van der Waals surface area contributed by atoms with Crippen LogP contribution in [0.5, 0.6) is 5.75 Å². The van der Waals surface area contributed by atoms with Crippen molar-refractivity contribution < 1.29 is 17.9 Å². The average Bonchev–Trinajstić information content (AvgIpc) is 3.09. The topological polar surface area (TPSA) is 27.1 Å². The van der Waals surface area contributed by atoms with E-state index in [-0.39, 0.29) is 18.2 Å². The molecular weight excluding hydrogens is 504 g/mol. The van der Waals surface area contributed by atoms with Crippen LogP contribution >= 0.6 is 47.4 Å². The van der Waals surface area contributed by atoms with Gasteiger partial charge in [-0.1, -0.05) is 47.1 Å². The van der Waals surface area contributed by atoms with E-state index < -0.39 is 12.8 Å². The number of benzene rings is 3. The van der Waals surface area contributed by atoms with Gasteiger partial charge in [0, 0.05) is 21.5 Å². The molecule has 0 atom stereocenters. The molecular formula is C22H16Cl3F3N2OS. The fourth-order valence-electron chi connectivity index (χ4n) is 2.96. The number of imidazole rings is 1. The van der Waals surface area contributed by atoms with Crippen molar-refractivity contribution in [2.45, 2.75) is 17.1 Å². The molecule has 3 nitrogen and oxygen atoms in total. The number of thioether (sulfide) groups is 1. The number of fused-ring (bicyclic) bond motifs is 1. The zero-order chi connectivity index (χ0) is 22.0. The minimum absolute atomic E-state index is 0. The third-order valence-electron chi connectivity index (χ3n) is 4.36. The van der Waals surface area contributed by atoms with Gasteiger partial charge in [-0.05, 0) is 60.2 Å². The quantitative estimate of drug-likeness (QED) is 0.242. The molecule has 0 radical (unpaired) electrons. The maximum Gasteiger partial charge on any atom is 0.422 e. The minimum Gasteiger partial charge on any atom is -0.484 e. The molecule has 0 unspecified atom stereocenters. The molecule has 3 aromatic carbocycles. The zero-order valence-electron chi connectivity index (χ0n) is 16.3. The van der Waals surface area contributed by atoms with Gasteiger partial charge in [-0.15, -0.1) is 12.4 Å². The lowest BCUT2D eigenvalue weighted by molar-refractivity contribution is -0.153. The predicted molar refractivity (Wildman–Crippen MR) is 126 cm³/mol. The molecule has 1 aromatic heterocycles. The first kappa shape index (κ1) is 24.6. The van der Waals surface area contributed by atoms with Gasteiger partial charge < -0.3 is 4.74 Å². The zero-order valence-corrected chi connectivity index (χ0v) is 19.4. The number of hydrogen-bond acceptors (Lipinski definition) is 3. The molecule has 4 aromatic rings. The van der Waals surface area contributed by atoms with Gasteiger partial charge in [-0.2, -0.15) is 13.2 Å². The normalized spacial score (nSPS) is 11.4. The van der Waals surface area contributed by atoms with E-state index >= 15 is 0 Å². The average molecular weight is 520 g/mol. The van der Waals surface area contributed by atoms with E-state index in [0.29, 0.717) is 15.8 Å². The third-order valence-corrected chi connectivity index (χ3v) is 5.86. The summed E-state index contributed by atoms with van der Waals surface area (Å²) in [5.74, 6) is 0.806. The Morgan fingerprint density at radius 1 is 0.906 bits per heavy atom. The molecule has 32 heavy (non-hydrogen) atoms. The lowest BCUT2D eigenvalue weighted by atomic mass is 10.2. The Morgan fingerprint density at radius 3 is 2.22 bits per heavy atom. The Balaban J connectivity index is 0.00000289. The van der Waals surface area contributed by atoms with Gasteiger partial charge >= 0.3 is 6.18 Å². The summed E-state index contributed by atoms with van der Waals surface area (Å²) in [6, 6.07) is 19.4. The van der Waals surface area contributed by atoms with Gasteiger partial charge in [0.2, 0.25) is 0 Å². The molecule has 0 spiro atoms.